The maximum Gasteiger partial charge on any atom is 0.472 e. The Morgan fingerprint density at radius 1 is 0.492 bits per heavy atom. The van der Waals surface area contributed by atoms with Gasteiger partial charge in [-0.1, -0.05) is 198 Å². The Hall–Kier alpha value is -1.77. The molecule has 0 spiro atoms. The van der Waals surface area contributed by atoms with Crippen molar-refractivity contribution in [3.8, 4) is 0 Å². The molecule has 9 nitrogen and oxygen atoms in total. The molecule has 0 fully saturated rings. The fourth-order valence-corrected chi connectivity index (χ4v) is 7.96. The van der Waals surface area contributed by atoms with Crippen LogP contribution in [0.2, 0.25) is 0 Å². The number of hydrogen-bond acceptors (Lipinski definition) is 8. The third-order valence-electron chi connectivity index (χ3n) is 11.0. The van der Waals surface area contributed by atoms with Crippen LogP contribution in [0.25, 0.3) is 0 Å². The first-order valence-corrected chi connectivity index (χ1v) is 27.0. The summed E-state index contributed by atoms with van der Waals surface area (Å²) >= 11 is 0. The molecule has 0 aromatic heterocycles. The number of ether oxygens (including phenoxy) is 2. The van der Waals surface area contributed by atoms with Gasteiger partial charge in [-0.2, -0.15) is 0 Å². The fourth-order valence-electron chi connectivity index (χ4n) is 7.19. The lowest BCUT2D eigenvalue weighted by molar-refractivity contribution is -0.161. The fraction of sp³-hybridized carbons (Fsp3) is 0.843. The second-order valence-electron chi connectivity index (χ2n) is 17.0. The topological polar surface area (TPSA) is 134 Å². The van der Waals surface area contributed by atoms with Gasteiger partial charge in [0.05, 0.1) is 13.2 Å². The van der Waals surface area contributed by atoms with E-state index in [-0.39, 0.29) is 38.6 Å². The number of carbonyl (C=O) groups excluding carboxylic acids is 2. The molecule has 0 aromatic carbocycles. The molecule has 10 heteroatoms. The van der Waals surface area contributed by atoms with Crippen LogP contribution in [0.15, 0.2) is 36.5 Å². The SMILES string of the molecule is CCCCCC/C=C\CCCCCCCC(=O)OCC(COP(=O)(O)OCCN)OC(=O)CCCCCCCCCCCCCCCCC/C=C\C/C=C\CCCCCCC. The van der Waals surface area contributed by atoms with Gasteiger partial charge in [-0.3, -0.25) is 18.6 Å². The Kier molecular flexibility index (Phi) is 46.3. The summed E-state index contributed by atoms with van der Waals surface area (Å²) in [6.07, 6.45) is 54.8. The van der Waals surface area contributed by atoms with Gasteiger partial charge in [0.1, 0.15) is 6.61 Å². The van der Waals surface area contributed by atoms with Crippen LogP contribution >= 0.6 is 7.82 Å². The summed E-state index contributed by atoms with van der Waals surface area (Å²) in [5.74, 6) is -0.831. The minimum absolute atomic E-state index is 0.0530. The molecule has 0 aliphatic heterocycles. The van der Waals surface area contributed by atoms with E-state index in [1.165, 1.54) is 148 Å². The molecule has 0 aliphatic carbocycles. The summed E-state index contributed by atoms with van der Waals surface area (Å²) in [4.78, 5) is 35.0. The summed E-state index contributed by atoms with van der Waals surface area (Å²) in [6, 6.07) is 0. The van der Waals surface area contributed by atoms with Gasteiger partial charge in [0.15, 0.2) is 6.10 Å². The quantitative estimate of drug-likeness (QED) is 0.0265. The lowest BCUT2D eigenvalue weighted by atomic mass is 10.0. The van der Waals surface area contributed by atoms with Crippen molar-refractivity contribution < 1.29 is 37.6 Å². The van der Waals surface area contributed by atoms with Crippen molar-refractivity contribution in [2.24, 2.45) is 5.73 Å². The van der Waals surface area contributed by atoms with E-state index >= 15 is 0 Å². The Morgan fingerprint density at radius 3 is 1.28 bits per heavy atom. The van der Waals surface area contributed by atoms with Crippen molar-refractivity contribution in [3.05, 3.63) is 36.5 Å². The summed E-state index contributed by atoms with van der Waals surface area (Å²) in [5.41, 5.74) is 5.36. The number of unbranched alkanes of at least 4 members (excludes halogenated alkanes) is 29. The van der Waals surface area contributed by atoms with E-state index < -0.39 is 26.5 Å². The predicted octanol–water partition coefficient (Wildman–Crippen LogP) is 15.3. The van der Waals surface area contributed by atoms with Crippen LogP contribution in [0.3, 0.4) is 0 Å². The Bertz CT molecular complexity index is 1100. The molecule has 0 radical (unpaired) electrons. The zero-order chi connectivity index (χ0) is 44.6. The molecule has 0 bridgehead atoms. The van der Waals surface area contributed by atoms with Crippen LogP contribution in [0.5, 0.6) is 0 Å². The molecular weight excluding hydrogens is 786 g/mol. The lowest BCUT2D eigenvalue weighted by Crippen LogP contribution is -2.29. The van der Waals surface area contributed by atoms with E-state index in [0.29, 0.717) is 6.42 Å². The second-order valence-corrected chi connectivity index (χ2v) is 18.5. The molecule has 2 unspecified atom stereocenters. The number of esters is 2. The zero-order valence-corrected chi connectivity index (χ0v) is 40.5. The first-order valence-electron chi connectivity index (χ1n) is 25.5. The van der Waals surface area contributed by atoms with Gasteiger partial charge >= 0.3 is 19.8 Å². The third kappa shape index (κ3) is 47.5. The van der Waals surface area contributed by atoms with Crippen molar-refractivity contribution in [1.82, 2.24) is 0 Å². The van der Waals surface area contributed by atoms with Gasteiger partial charge in [0.2, 0.25) is 0 Å². The van der Waals surface area contributed by atoms with Gasteiger partial charge in [-0.15, -0.1) is 0 Å². The first-order chi connectivity index (χ1) is 29.8. The Labute approximate surface area is 375 Å². The highest BCUT2D eigenvalue weighted by atomic mass is 31.2. The number of phosphoric acid groups is 1. The van der Waals surface area contributed by atoms with E-state index in [4.69, 9.17) is 24.3 Å². The van der Waals surface area contributed by atoms with Crippen LogP contribution in [-0.2, 0) is 32.7 Å². The van der Waals surface area contributed by atoms with Crippen LogP contribution in [-0.4, -0.2) is 49.3 Å². The van der Waals surface area contributed by atoms with Crippen molar-refractivity contribution in [2.45, 2.75) is 251 Å². The average Bonchev–Trinajstić information content (AvgIpc) is 3.25. The molecule has 0 aromatic rings. The van der Waals surface area contributed by atoms with Crippen molar-refractivity contribution >= 4 is 19.8 Å². The molecule has 0 heterocycles. The zero-order valence-electron chi connectivity index (χ0n) is 39.7. The average molecular weight is 882 g/mol. The molecule has 0 aliphatic rings. The molecule has 0 saturated heterocycles. The maximum absolute atomic E-state index is 12.6. The van der Waals surface area contributed by atoms with Crippen molar-refractivity contribution in [2.75, 3.05) is 26.4 Å². The van der Waals surface area contributed by atoms with Crippen molar-refractivity contribution in [1.29, 1.82) is 0 Å². The highest BCUT2D eigenvalue weighted by Crippen LogP contribution is 2.43. The summed E-state index contributed by atoms with van der Waals surface area (Å²) < 4.78 is 32.9. The van der Waals surface area contributed by atoms with E-state index in [0.717, 1.165) is 64.2 Å². The van der Waals surface area contributed by atoms with Crippen LogP contribution in [0.4, 0.5) is 0 Å². The van der Waals surface area contributed by atoms with E-state index in [1.807, 2.05) is 0 Å². The van der Waals surface area contributed by atoms with Gasteiger partial charge in [-0.05, 0) is 70.6 Å². The van der Waals surface area contributed by atoms with Crippen LogP contribution in [0, 0.1) is 0 Å². The number of rotatable bonds is 48. The van der Waals surface area contributed by atoms with Crippen LogP contribution in [0.1, 0.15) is 245 Å². The minimum Gasteiger partial charge on any atom is -0.462 e. The highest BCUT2D eigenvalue weighted by Gasteiger charge is 2.26. The van der Waals surface area contributed by atoms with Gasteiger partial charge in [-0.25, -0.2) is 4.57 Å². The van der Waals surface area contributed by atoms with Gasteiger partial charge in [0.25, 0.3) is 0 Å². The molecule has 0 saturated carbocycles. The predicted molar refractivity (Wildman–Crippen MR) is 257 cm³/mol. The number of nitrogens with two attached hydrogens (primary N) is 1. The Morgan fingerprint density at radius 2 is 0.852 bits per heavy atom. The smallest absolute Gasteiger partial charge is 0.462 e. The highest BCUT2D eigenvalue weighted by molar-refractivity contribution is 7.47. The van der Waals surface area contributed by atoms with Gasteiger partial charge < -0.3 is 20.1 Å². The molecule has 0 amide bonds. The minimum atomic E-state index is -4.38. The molecule has 358 valence electrons. The second kappa shape index (κ2) is 47.7. The summed E-state index contributed by atoms with van der Waals surface area (Å²) in [7, 11) is -4.38. The molecule has 2 atom stereocenters. The lowest BCUT2D eigenvalue weighted by Gasteiger charge is -2.19. The van der Waals surface area contributed by atoms with E-state index in [1.54, 1.807) is 0 Å². The summed E-state index contributed by atoms with van der Waals surface area (Å²) in [5, 5.41) is 0. The molecule has 3 N–H and O–H groups in total. The normalized spacial score (nSPS) is 13.4. The largest absolute Gasteiger partial charge is 0.472 e. The third-order valence-corrected chi connectivity index (χ3v) is 12.0. The summed E-state index contributed by atoms with van der Waals surface area (Å²) in [6.45, 7) is 3.72. The monoisotopic (exact) mass is 882 g/mol. The molecule has 0 rings (SSSR count). The first kappa shape index (κ1) is 59.2. The Balaban J connectivity index is 3.96. The molecular formula is C51H96NO8P. The van der Waals surface area contributed by atoms with Gasteiger partial charge in [0, 0.05) is 19.4 Å². The molecule has 61 heavy (non-hydrogen) atoms. The standard InChI is InChI=1S/C51H96NO8P/c1-3-5-7-9-11-13-15-17-18-19-20-21-22-23-24-25-26-27-28-29-30-32-34-36-38-40-42-44-51(54)60-49(48-59-61(55,56)58-46-45-52)47-57-50(53)43-41-39-37-35-33-31-16-14-12-10-8-6-4-2/h14-17,19-20,49H,3-13,18,21-48,52H2,1-2H3,(H,55,56)/b16-14-,17-15-,20-19-. The van der Waals surface area contributed by atoms with Crippen molar-refractivity contribution in [3.63, 3.8) is 0 Å². The number of allylic oxidation sites excluding steroid dienone is 6. The number of hydrogen-bond donors (Lipinski definition) is 2. The van der Waals surface area contributed by atoms with E-state index in [9.17, 15) is 19.0 Å². The van der Waals surface area contributed by atoms with E-state index in [2.05, 4.69) is 50.3 Å². The number of carbonyl (C=O) groups is 2. The maximum atomic E-state index is 12.6. The van der Waals surface area contributed by atoms with Crippen LogP contribution < -0.4 is 5.73 Å². The number of phosphoric ester groups is 1.